The lowest BCUT2D eigenvalue weighted by Gasteiger charge is -2.49. The third-order valence-electron chi connectivity index (χ3n) is 7.01. The Bertz CT molecular complexity index is 1400. The van der Waals surface area contributed by atoms with Crippen molar-refractivity contribution in [3.05, 3.63) is 75.7 Å². The molecule has 0 bridgehead atoms. The van der Waals surface area contributed by atoms with Crippen LogP contribution in [-0.2, 0) is 22.6 Å². The van der Waals surface area contributed by atoms with Gasteiger partial charge in [-0.25, -0.2) is 9.78 Å². The number of carbonyl (C=O) groups is 3. The number of hydrogen-bond acceptors (Lipinski definition) is 6. The third kappa shape index (κ3) is 3.03. The fourth-order valence-electron chi connectivity index (χ4n) is 5.06. The molecular formula is C25H25N5O4. The SMILES string of the molecule is CCN1c2nc3ccccn3c(=O)c2C[C@@]2(C(=O)NC(=O)N(Cc3ccc(C)cc3)C2=O)[C@H]1C. The van der Waals surface area contributed by atoms with Crippen LogP contribution >= 0.6 is 0 Å². The number of nitrogens with one attached hydrogen (secondary N) is 1. The van der Waals surface area contributed by atoms with Crippen LogP contribution in [-0.4, -0.2) is 44.7 Å². The highest BCUT2D eigenvalue weighted by Crippen LogP contribution is 2.42. The molecule has 0 saturated carbocycles. The lowest BCUT2D eigenvalue weighted by atomic mass is 9.69. The monoisotopic (exact) mass is 459 g/mol. The molecule has 174 valence electrons. The second kappa shape index (κ2) is 7.79. The van der Waals surface area contributed by atoms with E-state index in [1.54, 1.807) is 31.3 Å². The van der Waals surface area contributed by atoms with E-state index in [-0.39, 0.29) is 24.1 Å². The summed E-state index contributed by atoms with van der Waals surface area (Å²) < 4.78 is 1.41. The summed E-state index contributed by atoms with van der Waals surface area (Å²) >= 11 is 0. The fraction of sp³-hybridized carbons (Fsp3) is 0.320. The molecule has 4 heterocycles. The number of anilines is 1. The predicted molar refractivity (Wildman–Crippen MR) is 125 cm³/mol. The molecule has 0 radical (unpaired) electrons. The number of hydrogen-bond donors (Lipinski definition) is 1. The van der Waals surface area contributed by atoms with E-state index < -0.39 is 29.3 Å². The minimum atomic E-state index is -1.63. The van der Waals surface area contributed by atoms with E-state index in [1.165, 1.54) is 4.40 Å². The number of urea groups is 1. The molecule has 2 atom stereocenters. The van der Waals surface area contributed by atoms with Crippen LogP contribution < -0.4 is 15.8 Å². The largest absolute Gasteiger partial charge is 0.352 e. The van der Waals surface area contributed by atoms with E-state index in [2.05, 4.69) is 10.3 Å². The first-order chi connectivity index (χ1) is 16.3. The highest BCUT2D eigenvalue weighted by molar-refractivity contribution is 6.20. The van der Waals surface area contributed by atoms with Gasteiger partial charge < -0.3 is 4.90 Å². The number of benzene rings is 1. The number of rotatable bonds is 3. The van der Waals surface area contributed by atoms with Gasteiger partial charge >= 0.3 is 6.03 Å². The van der Waals surface area contributed by atoms with Crippen molar-refractivity contribution in [2.24, 2.45) is 5.41 Å². The van der Waals surface area contributed by atoms with E-state index in [1.807, 2.05) is 43.0 Å². The summed E-state index contributed by atoms with van der Waals surface area (Å²) in [6, 6.07) is 11.4. The first-order valence-electron chi connectivity index (χ1n) is 11.3. The standard InChI is InChI=1S/C25H25N5O4/c1-4-28-16(3)25(13-18-20(28)26-19-7-5-6-12-29(19)21(18)31)22(32)27-24(34)30(23(25)33)14-17-10-8-15(2)9-11-17/h5-12,16H,4,13-14H2,1-3H3,(H,27,32,34)/t16-,25+/m1/s1. The van der Waals surface area contributed by atoms with Gasteiger partial charge in [0.1, 0.15) is 11.5 Å². The number of nitrogens with zero attached hydrogens (tertiary/aromatic N) is 4. The minimum Gasteiger partial charge on any atom is -0.352 e. The zero-order chi connectivity index (χ0) is 24.2. The summed E-state index contributed by atoms with van der Waals surface area (Å²) in [4.78, 5) is 61.0. The molecule has 3 aromatic rings. The lowest BCUT2D eigenvalue weighted by Crippen LogP contribution is -2.71. The maximum Gasteiger partial charge on any atom is 0.331 e. The summed E-state index contributed by atoms with van der Waals surface area (Å²) in [6.07, 6.45) is 1.48. The average molecular weight is 460 g/mol. The molecule has 1 saturated heterocycles. The molecule has 1 fully saturated rings. The first-order valence-corrected chi connectivity index (χ1v) is 11.3. The zero-order valence-corrected chi connectivity index (χ0v) is 19.2. The highest BCUT2D eigenvalue weighted by Gasteiger charge is 2.61. The Balaban J connectivity index is 1.64. The van der Waals surface area contributed by atoms with Crippen LogP contribution in [0.25, 0.3) is 5.65 Å². The van der Waals surface area contributed by atoms with Crippen molar-refractivity contribution in [3.63, 3.8) is 0 Å². The van der Waals surface area contributed by atoms with Gasteiger partial charge in [-0.1, -0.05) is 35.9 Å². The quantitative estimate of drug-likeness (QED) is 0.601. The highest BCUT2D eigenvalue weighted by atomic mass is 16.2. The number of fused-ring (bicyclic) bond motifs is 2. The van der Waals surface area contributed by atoms with Crippen molar-refractivity contribution >= 4 is 29.3 Å². The van der Waals surface area contributed by atoms with Crippen molar-refractivity contribution in [1.82, 2.24) is 19.6 Å². The second-order valence-corrected chi connectivity index (χ2v) is 8.89. The Labute approximate surface area is 196 Å². The molecule has 5 rings (SSSR count). The van der Waals surface area contributed by atoms with Gasteiger partial charge in [0, 0.05) is 19.2 Å². The summed E-state index contributed by atoms with van der Waals surface area (Å²) in [6.45, 7) is 6.07. The van der Waals surface area contributed by atoms with Crippen molar-refractivity contribution in [2.45, 2.75) is 39.8 Å². The van der Waals surface area contributed by atoms with Gasteiger partial charge in [-0.05, 0) is 38.5 Å². The Hall–Kier alpha value is -4.01. The maximum absolute atomic E-state index is 13.9. The number of amides is 4. The van der Waals surface area contributed by atoms with Gasteiger partial charge in [-0.3, -0.25) is 29.0 Å². The summed E-state index contributed by atoms with van der Waals surface area (Å²) in [5.74, 6) is -0.813. The Morgan fingerprint density at radius 2 is 1.82 bits per heavy atom. The van der Waals surface area contributed by atoms with Crippen LogP contribution in [0.3, 0.4) is 0 Å². The van der Waals surface area contributed by atoms with Gasteiger partial charge in [0.05, 0.1) is 18.2 Å². The van der Waals surface area contributed by atoms with E-state index in [4.69, 9.17) is 0 Å². The van der Waals surface area contributed by atoms with Crippen LogP contribution in [0.1, 0.15) is 30.5 Å². The molecule has 2 aromatic heterocycles. The van der Waals surface area contributed by atoms with Crippen molar-refractivity contribution < 1.29 is 14.4 Å². The molecular weight excluding hydrogens is 434 g/mol. The summed E-state index contributed by atoms with van der Waals surface area (Å²) in [5, 5.41) is 2.39. The van der Waals surface area contributed by atoms with Crippen LogP contribution in [0, 0.1) is 12.3 Å². The summed E-state index contributed by atoms with van der Waals surface area (Å²) in [7, 11) is 0. The molecule has 9 nitrogen and oxygen atoms in total. The number of carbonyl (C=O) groups excluding carboxylic acids is 3. The number of barbiturate groups is 1. The van der Waals surface area contributed by atoms with Crippen LogP contribution in [0.5, 0.6) is 0 Å². The number of pyridine rings is 1. The average Bonchev–Trinajstić information content (AvgIpc) is 2.82. The Kier molecular flexibility index (Phi) is 5.00. The maximum atomic E-state index is 13.9. The van der Waals surface area contributed by atoms with Crippen LogP contribution in [0.15, 0.2) is 53.5 Å². The molecule has 1 spiro atoms. The predicted octanol–water partition coefficient (Wildman–Crippen LogP) is 2.04. The van der Waals surface area contributed by atoms with Gasteiger partial charge in [0.2, 0.25) is 11.8 Å². The smallest absolute Gasteiger partial charge is 0.331 e. The van der Waals surface area contributed by atoms with E-state index in [0.29, 0.717) is 18.0 Å². The molecule has 2 aliphatic rings. The number of imide groups is 2. The third-order valence-corrected chi connectivity index (χ3v) is 7.01. The van der Waals surface area contributed by atoms with E-state index in [0.717, 1.165) is 16.0 Å². The molecule has 0 unspecified atom stereocenters. The molecule has 1 N–H and O–H groups in total. The van der Waals surface area contributed by atoms with Gasteiger partial charge in [0.25, 0.3) is 5.56 Å². The summed E-state index contributed by atoms with van der Waals surface area (Å²) in [5.41, 5.74) is 0.641. The second-order valence-electron chi connectivity index (χ2n) is 8.89. The Morgan fingerprint density at radius 3 is 2.53 bits per heavy atom. The minimum absolute atomic E-state index is 0.0284. The fourth-order valence-corrected chi connectivity index (χ4v) is 5.06. The molecule has 4 amide bonds. The van der Waals surface area contributed by atoms with Crippen LogP contribution in [0.4, 0.5) is 10.6 Å². The van der Waals surface area contributed by atoms with E-state index in [9.17, 15) is 19.2 Å². The lowest BCUT2D eigenvalue weighted by molar-refractivity contribution is -0.153. The molecule has 9 heteroatoms. The van der Waals surface area contributed by atoms with Gasteiger partial charge in [0.15, 0.2) is 5.41 Å². The van der Waals surface area contributed by atoms with E-state index >= 15 is 0 Å². The Morgan fingerprint density at radius 1 is 1.09 bits per heavy atom. The van der Waals surface area contributed by atoms with Gasteiger partial charge in [-0.2, -0.15) is 0 Å². The first kappa shape index (κ1) is 21.8. The molecule has 2 aliphatic heterocycles. The normalized spacial score (nSPS) is 22.3. The zero-order valence-electron chi connectivity index (χ0n) is 19.2. The van der Waals surface area contributed by atoms with Crippen molar-refractivity contribution in [3.8, 4) is 0 Å². The van der Waals surface area contributed by atoms with Crippen molar-refractivity contribution in [1.29, 1.82) is 0 Å². The molecule has 1 aromatic carbocycles. The van der Waals surface area contributed by atoms with Crippen LogP contribution in [0.2, 0.25) is 0 Å². The number of aromatic nitrogens is 2. The topological polar surface area (TPSA) is 104 Å². The van der Waals surface area contributed by atoms with Crippen molar-refractivity contribution in [2.75, 3.05) is 11.4 Å². The molecule has 34 heavy (non-hydrogen) atoms. The van der Waals surface area contributed by atoms with Gasteiger partial charge in [-0.15, -0.1) is 0 Å². The number of aryl methyl sites for hydroxylation is 1. The molecule has 0 aliphatic carbocycles.